The van der Waals surface area contributed by atoms with Crippen LogP contribution in [0.15, 0.2) is 72.8 Å². The highest BCUT2D eigenvalue weighted by molar-refractivity contribution is 5.96. The van der Waals surface area contributed by atoms with Crippen LogP contribution in [-0.4, -0.2) is 29.4 Å². The predicted octanol–water partition coefficient (Wildman–Crippen LogP) is 4.18. The van der Waals surface area contributed by atoms with Crippen LogP contribution in [0.1, 0.15) is 35.7 Å². The number of hydrogen-bond donors (Lipinski definition) is 1. The number of carbonyl (C=O) groups excluding carboxylic acids is 2. The minimum atomic E-state index is -0.382. The van der Waals surface area contributed by atoms with Gasteiger partial charge in [-0.3, -0.25) is 9.59 Å². The van der Waals surface area contributed by atoms with Crippen molar-refractivity contribution >= 4 is 22.6 Å². The molecule has 1 saturated heterocycles. The van der Waals surface area contributed by atoms with Gasteiger partial charge in [0.25, 0.3) is 5.91 Å². The second-order valence-corrected chi connectivity index (χ2v) is 7.68. The maximum absolute atomic E-state index is 13.2. The third kappa shape index (κ3) is 3.38. The van der Waals surface area contributed by atoms with Gasteiger partial charge in [-0.05, 0) is 34.4 Å². The van der Waals surface area contributed by atoms with Crippen molar-refractivity contribution in [1.29, 1.82) is 0 Å². The fraction of sp³-hybridized carbons (Fsp3) is 0.250. The molecule has 1 aliphatic heterocycles. The number of benzene rings is 3. The highest BCUT2D eigenvalue weighted by Gasteiger charge is 2.38. The summed E-state index contributed by atoms with van der Waals surface area (Å²) in [4.78, 5) is 27.9. The number of amides is 2. The summed E-state index contributed by atoms with van der Waals surface area (Å²) in [7, 11) is 0. The first kappa shape index (κ1) is 18.2. The highest BCUT2D eigenvalue weighted by Crippen LogP contribution is 2.28. The van der Waals surface area contributed by atoms with Gasteiger partial charge in [-0.25, -0.2) is 0 Å². The zero-order valence-electron chi connectivity index (χ0n) is 16.1. The molecule has 0 aromatic heterocycles. The van der Waals surface area contributed by atoms with Gasteiger partial charge in [0.1, 0.15) is 6.17 Å². The summed E-state index contributed by atoms with van der Waals surface area (Å²) < 4.78 is 0. The molecule has 1 fully saturated rings. The van der Waals surface area contributed by atoms with E-state index >= 15 is 0 Å². The van der Waals surface area contributed by atoms with Crippen LogP contribution in [0.25, 0.3) is 10.8 Å². The van der Waals surface area contributed by atoms with E-state index in [9.17, 15) is 9.59 Å². The van der Waals surface area contributed by atoms with Gasteiger partial charge in [0.15, 0.2) is 0 Å². The van der Waals surface area contributed by atoms with Crippen LogP contribution >= 0.6 is 0 Å². The van der Waals surface area contributed by atoms with E-state index in [0.717, 1.165) is 16.3 Å². The van der Waals surface area contributed by atoms with Crippen molar-refractivity contribution in [3.8, 4) is 0 Å². The number of nitrogens with one attached hydrogen (secondary N) is 1. The van der Waals surface area contributed by atoms with Crippen molar-refractivity contribution in [1.82, 2.24) is 10.2 Å². The van der Waals surface area contributed by atoms with E-state index in [1.165, 1.54) is 0 Å². The van der Waals surface area contributed by atoms with E-state index in [-0.39, 0.29) is 29.8 Å². The first-order valence-electron chi connectivity index (χ1n) is 9.69. The lowest BCUT2D eigenvalue weighted by molar-refractivity contribution is -0.128. The van der Waals surface area contributed by atoms with Crippen LogP contribution in [0.5, 0.6) is 0 Å². The summed E-state index contributed by atoms with van der Waals surface area (Å²) >= 11 is 0. The molecule has 1 N–H and O–H groups in total. The highest BCUT2D eigenvalue weighted by atomic mass is 16.2. The normalized spacial score (nSPS) is 19.7. The number of nitrogens with zero attached hydrogens (tertiary/aromatic N) is 1. The summed E-state index contributed by atoms with van der Waals surface area (Å²) in [6.07, 6.45) is -0.308. The molecule has 0 unspecified atom stereocenters. The van der Waals surface area contributed by atoms with E-state index in [4.69, 9.17) is 0 Å². The predicted molar refractivity (Wildman–Crippen MR) is 111 cm³/mol. The molecule has 3 aromatic carbocycles. The third-order valence-electron chi connectivity index (χ3n) is 5.41. The molecule has 28 heavy (non-hydrogen) atoms. The minimum absolute atomic E-state index is 0.0221. The number of fused-ring (bicyclic) bond motifs is 1. The fourth-order valence-corrected chi connectivity index (χ4v) is 3.88. The summed E-state index contributed by atoms with van der Waals surface area (Å²) in [6.45, 7) is 4.42. The Balaban J connectivity index is 1.69. The average Bonchev–Trinajstić information content (AvgIpc) is 2.73. The van der Waals surface area contributed by atoms with Crippen LogP contribution < -0.4 is 5.32 Å². The van der Waals surface area contributed by atoms with Gasteiger partial charge < -0.3 is 10.2 Å². The molecule has 142 valence electrons. The van der Waals surface area contributed by atoms with Gasteiger partial charge in [0.2, 0.25) is 5.91 Å². The third-order valence-corrected chi connectivity index (χ3v) is 5.41. The first-order valence-corrected chi connectivity index (χ1v) is 9.69. The quantitative estimate of drug-likeness (QED) is 0.750. The number of rotatable bonds is 3. The Kier molecular flexibility index (Phi) is 4.86. The average molecular weight is 372 g/mol. The lowest BCUT2D eigenvalue weighted by Crippen LogP contribution is -2.61. The molecule has 0 saturated carbocycles. The van der Waals surface area contributed by atoms with Crippen molar-refractivity contribution in [3.05, 3.63) is 83.9 Å². The summed E-state index contributed by atoms with van der Waals surface area (Å²) in [5.41, 5.74) is 1.57. The molecule has 4 heteroatoms. The van der Waals surface area contributed by atoms with E-state index in [1.807, 2.05) is 74.5 Å². The lowest BCUT2D eigenvalue weighted by atomic mass is 9.91. The smallest absolute Gasteiger partial charge is 0.255 e. The minimum Gasteiger partial charge on any atom is -0.335 e. The SMILES string of the molecule is CC(C)[C@H]1NC(=O)[C@H](c2ccc3ccccc3c2)CN1C(=O)c1ccccc1. The standard InChI is InChI=1S/C24H24N2O2/c1-16(2)22-25-23(27)21(15-26(22)24(28)18-9-4-3-5-10-18)20-13-12-17-8-6-7-11-19(17)14-20/h3-14,16,21-22H,15H2,1-2H3,(H,25,27)/t21-,22-/m0/s1. The second-order valence-electron chi connectivity index (χ2n) is 7.68. The Morgan fingerprint density at radius 2 is 1.64 bits per heavy atom. The molecule has 0 radical (unpaired) electrons. The number of carbonyl (C=O) groups is 2. The Hall–Kier alpha value is -3.14. The molecule has 4 rings (SSSR count). The topological polar surface area (TPSA) is 49.4 Å². The largest absolute Gasteiger partial charge is 0.335 e. The van der Waals surface area contributed by atoms with Crippen LogP contribution in [0.3, 0.4) is 0 Å². The molecular weight excluding hydrogens is 348 g/mol. The Morgan fingerprint density at radius 1 is 0.964 bits per heavy atom. The molecule has 1 heterocycles. The van der Waals surface area contributed by atoms with Gasteiger partial charge in [-0.15, -0.1) is 0 Å². The van der Waals surface area contributed by atoms with Gasteiger partial charge in [-0.2, -0.15) is 0 Å². The number of hydrogen-bond acceptors (Lipinski definition) is 2. The van der Waals surface area contributed by atoms with Crippen molar-refractivity contribution < 1.29 is 9.59 Å². The second kappa shape index (κ2) is 7.47. The molecule has 1 aliphatic rings. The monoisotopic (exact) mass is 372 g/mol. The van der Waals surface area contributed by atoms with Crippen molar-refractivity contribution in [2.75, 3.05) is 6.54 Å². The summed E-state index contributed by atoms with van der Waals surface area (Å²) in [5, 5.41) is 5.31. The van der Waals surface area contributed by atoms with E-state index in [0.29, 0.717) is 12.1 Å². The van der Waals surface area contributed by atoms with Crippen LogP contribution in [0, 0.1) is 5.92 Å². The van der Waals surface area contributed by atoms with Crippen LogP contribution in [-0.2, 0) is 4.79 Å². The van der Waals surface area contributed by atoms with Gasteiger partial charge in [0, 0.05) is 12.1 Å². The van der Waals surface area contributed by atoms with Crippen molar-refractivity contribution in [3.63, 3.8) is 0 Å². The molecule has 2 atom stereocenters. The Morgan fingerprint density at radius 3 is 2.36 bits per heavy atom. The maximum Gasteiger partial charge on any atom is 0.255 e. The molecule has 2 amide bonds. The molecule has 0 aliphatic carbocycles. The van der Waals surface area contributed by atoms with Crippen LogP contribution in [0.2, 0.25) is 0 Å². The van der Waals surface area contributed by atoms with Gasteiger partial charge >= 0.3 is 0 Å². The van der Waals surface area contributed by atoms with E-state index in [2.05, 4.69) is 17.4 Å². The fourth-order valence-electron chi connectivity index (χ4n) is 3.88. The Bertz CT molecular complexity index is 1010. The summed E-state index contributed by atoms with van der Waals surface area (Å²) in [5.74, 6) is -0.336. The first-order chi connectivity index (χ1) is 13.5. The summed E-state index contributed by atoms with van der Waals surface area (Å²) in [6, 6.07) is 23.4. The van der Waals surface area contributed by atoms with Gasteiger partial charge in [-0.1, -0.05) is 74.5 Å². The molecular formula is C24H24N2O2. The van der Waals surface area contributed by atoms with Gasteiger partial charge in [0.05, 0.1) is 5.92 Å². The lowest BCUT2D eigenvalue weighted by Gasteiger charge is -2.42. The van der Waals surface area contributed by atoms with E-state index < -0.39 is 0 Å². The molecule has 0 spiro atoms. The zero-order valence-corrected chi connectivity index (χ0v) is 16.1. The Labute approximate surface area is 165 Å². The van der Waals surface area contributed by atoms with E-state index in [1.54, 1.807) is 4.90 Å². The maximum atomic E-state index is 13.2. The molecule has 4 nitrogen and oxygen atoms in total. The van der Waals surface area contributed by atoms with Crippen LogP contribution in [0.4, 0.5) is 0 Å². The zero-order chi connectivity index (χ0) is 19.7. The van der Waals surface area contributed by atoms with Crippen molar-refractivity contribution in [2.24, 2.45) is 5.92 Å². The molecule has 3 aromatic rings. The van der Waals surface area contributed by atoms with Crippen molar-refractivity contribution in [2.45, 2.75) is 25.9 Å². The molecule has 0 bridgehead atoms.